The van der Waals surface area contributed by atoms with E-state index in [1.54, 1.807) is 0 Å². The average molecular weight is 403 g/mol. The molecule has 0 radical (unpaired) electrons. The zero-order valence-corrected chi connectivity index (χ0v) is 18.5. The Morgan fingerprint density at radius 3 is 2.66 bits per heavy atom. The molecule has 3 fully saturated rings. The fourth-order valence-electron chi connectivity index (χ4n) is 7.68. The van der Waals surface area contributed by atoms with Crippen LogP contribution in [0.25, 0.3) is 0 Å². The van der Waals surface area contributed by atoms with Gasteiger partial charge in [-0.25, -0.2) is 0 Å². The van der Waals surface area contributed by atoms with E-state index in [0.29, 0.717) is 49.4 Å². The second kappa shape index (κ2) is 7.51. The Balaban J connectivity index is 1.51. The van der Waals surface area contributed by atoms with E-state index in [0.717, 1.165) is 51.4 Å². The van der Waals surface area contributed by atoms with E-state index in [1.807, 2.05) is 13.0 Å². The average Bonchev–Trinajstić information content (AvgIpc) is 2.97. The minimum absolute atomic E-state index is 0.110. The van der Waals surface area contributed by atoms with Gasteiger partial charge >= 0.3 is 5.97 Å². The highest BCUT2D eigenvalue weighted by Crippen LogP contribution is 2.68. The first-order valence-corrected chi connectivity index (χ1v) is 11.9. The van der Waals surface area contributed by atoms with Crippen molar-refractivity contribution >= 4 is 11.8 Å². The van der Waals surface area contributed by atoms with Crippen LogP contribution in [0.5, 0.6) is 0 Å². The zero-order valence-electron chi connectivity index (χ0n) is 18.5. The van der Waals surface area contributed by atoms with Crippen molar-refractivity contribution < 1.29 is 19.4 Å². The maximum Gasteiger partial charge on any atom is 0.305 e. The Kier molecular flexibility index (Phi) is 5.46. The number of aliphatic hydroxyl groups is 1. The van der Waals surface area contributed by atoms with Gasteiger partial charge in [-0.2, -0.15) is 0 Å². The van der Waals surface area contributed by atoms with Gasteiger partial charge in [-0.15, -0.1) is 0 Å². The predicted molar refractivity (Wildman–Crippen MR) is 112 cm³/mol. The number of ether oxygens (including phenoxy) is 1. The number of rotatable bonds is 5. The Bertz CT molecular complexity index is 712. The van der Waals surface area contributed by atoms with Crippen LogP contribution in [0, 0.1) is 28.6 Å². The number of carbonyl (C=O) groups is 2. The van der Waals surface area contributed by atoms with Gasteiger partial charge in [0.05, 0.1) is 12.2 Å². The summed E-state index contributed by atoms with van der Waals surface area (Å²) in [5, 5.41) is 11.7. The highest BCUT2D eigenvalue weighted by Gasteiger charge is 2.63. The quantitative estimate of drug-likeness (QED) is 0.659. The molecule has 4 heteroatoms. The fourth-order valence-corrected chi connectivity index (χ4v) is 7.68. The molecule has 1 N–H and O–H groups in total. The second-order valence-corrected chi connectivity index (χ2v) is 10.7. The third-order valence-electron chi connectivity index (χ3n) is 9.49. The van der Waals surface area contributed by atoms with Gasteiger partial charge < -0.3 is 9.84 Å². The van der Waals surface area contributed by atoms with E-state index >= 15 is 0 Å². The SMILES string of the molecule is CCCOC(=O)CC[C@]1(O)CC[C@H]2[C@@H]3CCC4=CC(=O)CC[C@]4(C)[C@H]3CC[C@@]21C. The molecule has 3 saturated carbocycles. The normalized spacial score (nSPS) is 43.8. The van der Waals surface area contributed by atoms with Gasteiger partial charge in [0.1, 0.15) is 0 Å². The molecule has 0 spiro atoms. The molecule has 4 aliphatic rings. The van der Waals surface area contributed by atoms with Crippen molar-refractivity contribution in [1.82, 2.24) is 0 Å². The summed E-state index contributed by atoms with van der Waals surface area (Å²) in [6.45, 7) is 7.15. The second-order valence-electron chi connectivity index (χ2n) is 10.7. The lowest BCUT2D eigenvalue weighted by Crippen LogP contribution is -2.54. The van der Waals surface area contributed by atoms with Crippen LogP contribution in [-0.2, 0) is 14.3 Å². The van der Waals surface area contributed by atoms with Gasteiger partial charge in [-0.3, -0.25) is 9.59 Å². The fraction of sp³-hybridized carbons (Fsp3) is 0.840. The van der Waals surface area contributed by atoms with E-state index in [4.69, 9.17) is 4.74 Å². The van der Waals surface area contributed by atoms with Crippen LogP contribution in [0.2, 0.25) is 0 Å². The minimum atomic E-state index is -0.757. The third kappa shape index (κ3) is 3.30. The molecule has 0 aromatic heterocycles. The molecule has 0 unspecified atom stereocenters. The zero-order chi connectivity index (χ0) is 20.9. The molecule has 0 bridgehead atoms. The summed E-state index contributed by atoms with van der Waals surface area (Å²) in [5.74, 6) is 1.92. The van der Waals surface area contributed by atoms with Crippen LogP contribution in [0.3, 0.4) is 0 Å². The molecule has 0 heterocycles. The summed E-state index contributed by atoms with van der Waals surface area (Å²) < 4.78 is 5.25. The highest BCUT2D eigenvalue weighted by molar-refractivity contribution is 5.91. The molecule has 4 aliphatic carbocycles. The topological polar surface area (TPSA) is 63.6 Å². The summed E-state index contributed by atoms with van der Waals surface area (Å²) in [6.07, 6.45) is 11.5. The van der Waals surface area contributed by atoms with Crippen molar-refractivity contribution in [1.29, 1.82) is 0 Å². The maximum absolute atomic E-state index is 12.1. The molecule has 0 aliphatic heterocycles. The summed E-state index contributed by atoms with van der Waals surface area (Å²) >= 11 is 0. The lowest BCUT2D eigenvalue weighted by atomic mass is 9.46. The first-order valence-electron chi connectivity index (χ1n) is 11.9. The lowest BCUT2D eigenvalue weighted by Gasteiger charge is -2.59. The Morgan fingerprint density at radius 2 is 1.90 bits per heavy atom. The van der Waals surface area contributed by atoms with Crippen LogP contribution in [0.15, 0.2) is 11.6 Å². The summed E-state index contributed by atoms with van der Waals surface area (Å²) in [6, 6.07) is 0. The molecule has 162 valence electrons. The number of esters is 1. The standard InChI is InChI=1S/C25H38O4/c1-4-15-29-22(27)10-14-25(28)13-9-21-19-6-5-17-16-18(26)7-11-23(17,2)20(19)8-12-24(21,25)3/h16,19-21,28H,4-15H2,1-3H3/t19-,20+,21+,23+,24+,25-/m1/s1. The summed E-state index contributed by atoms with van der Waals surface area (Å²) in [5.41, 5.74) is 0.697. The van der Waals surface area contributed by atoms with Crippen molar-refractivity contribution in [3.63, 3.8) is 0 Å². The van der Waals surface area contributed by atoms with Crippen molar-refractivity contribution in [3.8, 4) is 0 Å². The van der Waals surface area contributed by atoms with E-state index in [9.17, 15) is 14.7 Å². The van der Waals surface area contributed by atoms with Gasteiger partial charge in [-0.05, 0) is 92.4 Å². The smallest absolute Gasteiger partial charge is 0.305 e. The molecule has 0 aromatic carbocycles. The number of allylic oxidation sites excluding steroid dienone is 1. The molecule has 4 nitrogen and oxygen atoms in total. The van der Waals surface area contributed by atoms with Crippen LogP contribution >= 0.6 is 0 Å². The van der Waals surface area contributed by atoms with Gasteiger partial charge in [0, 0.05) is 12.8 Å². The van der Waals surface area contributed by atoms with Crippen molar-refractivity contribution in [2.24, 2.45) is 28.6 Å². The number of ketones is 1. The Hall–Kier alpha value is -1.16. The van der Waals surface area contributed by atoms with Crippen molar-refractivity contribution in [2.75, 3.05) is 6.61 Å². The largest absolute Gasteiger partial charge is 0.466 e. The van der Waals surface area contributed by atoms with E-state index in [2.05, 4.69) is 13.8 Å². The lowest BCUT2D eigenvalue weighted by molar-refractivity contribution is -0.151. The summed E-state index contributed by atoms with van der Waals surface area (Å²) in [4.78, 5) is 24.0. The van der Waals surface area contributed by atoms with Crippen LogP contribution < -0.4 is 0 Å². The third-order valence-corrected chi connectivity index (χ3v) is 9.49. The van der Waals surface area contributed by atoms with Gasteiger partial charge in [0.2, 0.25) is 0 Å². The Morgan fingerprint density at radius 1 is 1.14 bits per heavy atom. The maximum atomic E-state index is 12.1. The van der Waals surface area contributed by atoms with Gasteiger partial charge in [0.15, 0.2) is 5.78 Å². The minimum Gasteiger partial charge on any atom is -0.466 e. The van der Waals surface area contributed by atoms with Crippen LogP contribution in [0.1, 0.15) is 91.4 Å². The highest BCUT2D eigenvalue weighted by atomic mass is 16.5. The van der Waals surface area contributed by atoms with E-state index < -0.39 is 5.60 Å². The van der Waals surface area contributed by atoms with E-state index in [-0.39, 0.29) is 16.8 Å². The predicted octanol–water partition coefficient (Wildman–Crippen LogP) is 4.98. The molecule has 0 amide bonds. The van der Waals surface area contributed by atoms with Crippen molar-refractivity contribution in [3.05, 3.63) is 11.6 Å². The number of carbonyl (C=O) groups excluding carboxylic acids is 2. The first kappa shape index (κ1) is 21.1. The Labute approximate surface area is 175 Å². The molecule has 29 heavy (non-hydrogen) atoms. The first-order chi connectivity index (χ1) is 13.7. The van der Waals surface area contributed by atoms with Crippen molar-refractivity contribution in [2.45, 2.75) is 97.0 Å². The van der Waals surface area contributed by atoms with Gasteiger partial charge in [0.25, 0.3) is 0 Å². The van der Waals surface area contributed by atoms with Crippen LogP contribution in [-0.4, -0.2) is 29.1 Å². The monoisotopic (exact) mass is 402 g/mol. The number of fused-ring (bicyclic) bond motifs is 5. The molecule has 4 rings (SSSR count). The number of hydrogen-bond acceptors (Lipinski definition) is 4. The van der Waals surface area contributed by atoms with Gasteiger partial charge in [-0.1, -0.05) is 26.3 Å². The molecular formula is C25H38O4. The molecule has 0 saturated heterocycles. The van der Waals surface area contributed by atoms with Crippen LogP contribution in [0.4, 0.5) is 0 Å². The summed E-state index contributed by atoms with van der Waals surface area (Å²) in [7, 11) is 0. The number of hydrogen-bond donors (Lipinski definition) is 1. The molecule has 6 atom stereocenters. The van der Waals surface area contributed by atoms with E-state index in [1.165, 1.54) is 5.57 Å². The molecular weight excluding hydrogens is 364 g/mol. The molecule has 0 aromatic rings.